The quantitative estimate of drug-likeness (QED) is 0.0914. The molecule has 9 heterocycles. The van der Waals surface area contributed by atoms with Gasteiger partial charge >= 0.3 is 0 Å². The molecule has 0 spiro atoms. The van der Waals surface area contributed by atoms with Gasteiger partial charge < -0.3 is 57.3 Å². The second-order valence-electron chi connectivity index (χ2n) is 37.5. The van der Waals surface area contributed by atoms with Gasteiger partial charge in [-0.2, -0.15) is 36.4 Å². The van der Waals surface area contributed by atoms with Crippen LogP contribution >= 0.6 is 0 Å². The fourth-order valence-electron chi connectivity index (χ4n) is 17.6. The molecule has 3 aliphatic rings. The van der Waals surface area contributed by atoms with Crippen LogP contribution in [0.4, 0.5) is 34.1 Å². The van der Waals surface area contributed by atoms with E-state index in [1.54, 1.807) is 0 Å². The van der Waals surface area contributed by atoms with E-state index in [0.29, 0.717) is 34.5 Å². The fraction of sp³-hybridized carbons (Fsp3) is 0.179. The summed E-state index contributed by atoms with van der Waals surface area (Å²) in [4.78, 5) is 27.0. The van der Waals surface area contributed by atoms with Crippen molar-refractivity contribution < 1.29 is 77.4 Å². The van der Waals surface area contributed by atoms with Gasteiger partial charge in [-0.05, 0) is 265 Å². The van der Waals surface area contributed by atoms with E-state index in [2.05, 4.69) is 407 Å². The van der Waals surface area contributed by atoms with Gasteiger partial charge in [0.2, 0.25) is 0 Å². The Bertz CT molecular complexity index is 7630. The summed E-state index contributed by atoms with van der Waals surface area (Å²) in [6.45, 7) is 45.6. The van der Waals surface area contributed by atoms with Gasteiger partial charge in [0.1, 0.15) is 17.5 Å². The molecule has 0 bridgehead atoms. The number of fused-ring (bicyclic) bond motifs is 9. The molecule has 12 aromatic carbocycles. The zero-order valence-corrected chi connectivity index (χ0v) is 85.8. The minimum Gasteiger partial charge on any atom is -0.509 e. The summed E-state index contributed by atoms with van der Waals surface area (Å²) in [6.07, 6.45) is 18.0. The third kappa shape index (κ3) is 19.3. The van der Waals surface area contributed by atoms with Gasteiger partial charge in [0, 0.05) is 150 Å². The van der Waals surface area contributed by atoms with Crippen LogP contribution in [0.3, 0.4) is 0 Å². The number of benzene rings is 12. The molecule has 18 aromatic rings. The monoisotopic (exact) mass is 2310 g/mol. The first kappa shape index (κ1) is 95.1. The largest absolute Gasteiger partial charge is 0.509 e. The van der Waals surface area contributed by atoms with E-state index < -0.39 is 0 Å². The number of rotatable bonds is 15. The second-order valence-corrected chi connectivity index (χ2v) is 37.5. The van der Waals surface area contributed by atoms with E-state index in [1.165, 1.54) is 83.8 Å². The third-order valence-electron chi connectivity index (χ3n) is 25.4. The molecule has 0 fully saturated rings. The summed E-state index contributed by atoms with van der Waals surface area (Å²) in [5, 5.41) is 6.77. The van der Waals surface area contributed by atoms with Crippen LogP contribution in [0.2, 0.25) is 0 Å². The molecular weight excluding hydrogens is 2210 g/mol. The normalized spacial score (nSPS) is 13.1. The molecule has 18 heteroatoms. The molecule has 0 saturated heterocycles. The topological polar surface area (TPSA) is 101 Å². The Labute approximate surface area is 836 Å². The molecule has 0 unspecified atom stereocenters. The van der Waals surface area contributed by atoms with Gasteiger partial charge in [-0.15, -0.1) is 144 Å². The first-order valence-corrected chi connectivity index (χ1v) is 44.9. The number of anilines is 6. The maximum absolute atomic E-state index is 6.39. The molecule has 0 aliphatic carbocycles. The average Bonchev–Trinajstić information content (AvgIpc) is 1.60. The van der Waals surface area contributed by atoms with E-state index in [-0.39, 0.29) is 79.4 Å². The fourth-order valence-corrected chi connectivity index (χ4v) is 17.6. The van der Waals surface area contributed by atoms with Crippen LogP contribution in [0.1, 0.15) is 129 Å². The molecule has 0 atom stereocenters. The van der Waals surface area contributed by atoms with Gasteiger partial charge in [0.15, 0.2) is 0 Å². The number of hydrogen-bond acceptors (Lipinski definition) is 12. The predicted octanol–water partition coefficient (Wildman–Crippen LogP) is 29.1. The summed E-state index contributed by atoms with van der Waals surface area (Å²) in [5.74, 6) is 6.33. The van der Waals surface area contributed by atoms with Crippen molar-refractivity contribution in [2.75, 3.05) is 29.4 Å². The Morgan fingerprint density at radius 1 is 0.267 bits per heavy atom. The van der Waals surface area contributed by atoms with E-state index in [0.717, 1.165) is 99.9 Å². The standard InChI is InChI=1S/3C39H35N4O.3Pt/c1-26-14-17-35(28(3)27(26)2)42-21-20-41(25-42)30-10-9-11-31(23-30)44-32-15-16-34-33-12-7-8-13-36(33)43(37(34)24-32)38-22-29(18-19-40-38)39(4,5)6;1-26-20-27(2)28(3)36(21-26)42-19-18-41(25-42)30-10-9-11-31(23-30)44-32-14-15-34-33-12-7-8-13-35(33)43(37(34)24-32)38-22-29(16-17-40-38)39(4,5)6;1-26-14-15-27(2)38(28(26)3)42-21-20-41(25-42)30-10-9-11-31(23-30)44-32-16-17-34-33-12-7-8-13-35(33)43(36(34)24-32)37-22-29(18-19-40-37)39(4,5)6;;;/h3*7-22,25H,1-6H3;;;/q3*-3;;;. The van der Waals surface area contributed by atoms with Crippen LogP contribution in [-0.4, -0.2) is 28.7 Å². The number of nitrogens with zero attached hydrogens (tertiary/aromatic N) is 12. The Morgan fingerprint density at radius 3 is 0.993 bits per heavy atom. The Balaban J connectivity index is 0.000000145. The predicted molar refractivity (Wildman–Crippen MR) is 542 cm³/mol. The third-order valence-corrected chi connectivity index (χ3v) is 25.4. The summed E-state index contributed by atoms with van der Waals surface area (Å²) in [5.41, 5.74) is 27.4. The van der Waals surface area contributed by atoms with E-state index in [1.807, 2.05) is 110 Å². The second kappa shape index (κ2) is 38.8. The van der Waals surface area contributed by atoms with Gasteiger partial charge in [0.25, 0.3) is 0 Å². The minimum absolute atomic E-state index is 0. The summed E-state index contributed by atoms with van der Waals surface area (Å²) in [7, 11) is 0. The van der Waals surface area contributed by atoms with Crippen LogP contribution in [0, 0.1) is 119 Å². The first-order valence-electron chi connectivity index (χ1n) is 44.9. The van der Waals surface area contributed by atoms with Crippen molar-refractivity contribution >= 4 is 99.5 Å². The molecule has 690 valence electrons. The molecule has 21 rings (SSSR count). The van der Waals surface area contributed by atoms with Crippen LogP contribution in [-0.2, 0) is 79.4 Å². The molecule has 3 aliphatic heterocycles. The Morgan fingerprint density at radius 2 is 0.600 bits per heavy atom. The first-order chi connectivity index (χ1) is 63.5. The van der Waals surface area contributed by atoms with Crippen molar-refractivity contribution in [1.82, 2.24) is 28.7 Å². The number of ether oxygens (including phenoxy) is 3. The molecule has 0 saturated carbocycles. The molecular formula is C117H105N12O3Pt3-9. The average molecular weight is 2310 g/mol. The van der Waals surface area contributed by atoms with Crippen molar-refractivity contribution in [3.63, 3.8) is 0 Å². The van der Waals surface area contributed by atoms with Gasteiger partial charge in [-0.25, -0.2) is 15.0 Å². The molecule has 6 aromatic heterocycles. The van der Waals surface area contributed by atoms with Crippen LogP contribution in [0.15, 0.2) is 292 Å². The van der Waals surface area contributed by atoms with Gasteiger partial charge in [-0.1, -0.05) is 158 Å². The van der Waals surface area contributed by atoms with Crippen LogP contribution in [0.25, 0.3) is 82.9 Å². The SMILES string of the molecule is Cc1cc(C)c(C)c(N2C=CN(c3[c-]c(Oc4[c-]c5c(cc4)c4ccccc4n5-c4cc(C(C)(C)C)ccn4)ccc3)[CH-]2)c1.Cc1ccc(C)c(N2C=CN(c3[c-]c(Oc4[c-]c5c(cc4)c4ccccc4n5-c4cc(C(C)(C)C)ccn4)ccc3)[CH-]2)c1C.Cc1ccc(N2C=CN(c3[c-]c(Oc4[c-]c5c(cc4)c4ccccc4n5-c4cc(C(C)(C)C)ccn4)ccc3)[CH-]2)c(C)c1C.[Pt].[Pt].[Pt]. The zero-order chi connectivity index (χ0) is 91.8. The van der Waals surface area contributed by atoms with E-state index in [9.17, 15) is 0 Å². The number of aromatic nitrogens is 6. The van der Waals surface area contributed by atoms with Crippen molar-refractivity contribution in [2.24, 2.45) is 0 Å². The number of para-hydroxylation sites is 3. The number of pyridine rings is 3. The molecule has 15 nitrogen and oxygen atoms in total. The number of hydrogen-bond donors (Lipinski definition) is 0. The van der Waals surface area contributed by atoms with E-state index >= 15 is 0 Å². The van der Waals surface area contributed by atoms with Crippen molar-refractivity contribution in [2.45, 2.75) is 141 Å². The summed E-state index contributed by atoms with van der Waals surface area (Å²) in [6, 6.07) is 102. The smallest absolute Gasteiger partial charge is 0.135 e. The summed E-state index contributed by atoms with van der Waals surface area (Å²) < 4.78 is 25.7. The Kier molecular flexibility index (Phi) is 27.3. The summed E-state index contributed by atoms with van der Waals surface area (Å²) >= 11 is 0. The van der Waals surface area contributed by atoms with Gasteiger partial charge in [-0.3, -0.25) is 0 Å². The van der Waals surface area contributed by atoms with Gasteiger partial charge in [0.05, 0.1) is 0 Å². The number of aryl methyl sites for hydroxylation is 5. The molecule has 0 N–H and O–H groups in total. The maximum atomic E-state index is 6.39. The van der Waals surface area contributed by atoms with Crippen molar-refractivity contribution in [1.29, 1.82) is 0 Å². The van der Waals surface area contributed by atoms with Crippen LogP contribution < -0.4 is 43.6 Å². The minimum atomic E-state index is 0. The van der Waals surface area contributed by atoms with E-state index in [4.69, 9.17) is 29.2 Å². The van der Waals surface area contributed by atoms with Crippen LogP contribution in [0.5, 0.6) is 34.5 Å². The maximum Gasteiger partial charge on any atom is 0.135 e. The zero-order valence-electron chi connectivity index (χ0n) is 79.0. The van der Waals surface area contributed by atoms with Crippen molar-refractivity contribution in [3.8, 4) is 52.0 Å². The molecule has 135 heavy (non-hydrogen) atoms. The van der Waals surface area contributed by atoms with Crippen molar-refractivity contribution in [3.05, 3.63) is 416 Å². The Hall–Kier alpha value is -13.0. The molecule has 0 amide bonds. The molecule has 0 radical (unpaired) electrons.